The van der Waals surface area contributed by atoms with Crippen LogP contribution in [-0.2, 0) is 6.54 Å². The molecule has 1 aromatic heterocycles. The predicted molar refractivity (Wildman–Crippen MR) is 57.0 cm³/mol. The lowest BCUT2D eigenvalue weighted by Crippen LogP contribution is -2.08. The van der Waals surface area contributed by atoms with Crippen molar-refractivity contribution in [3.05, 3.63) is 40.9 Å². The molecule has 0 spiro atoms. The number of aromatic nitrogens is 3. The van der Waals surface area contributed by atoms with Gasteiger partial charge in [-0.2, -0.15) is 5.10 Å². The summed E-state index contributed by atoms with van der Waals surface area (Å²) in [6.45, 7) is 0.376. The van der Waals surface area contributed by atoms with Crippen LogP contribution < -0.4 is 5.73 Å². The van der Waals surface area contributed by atoms with E-state index in [1.165, 1.54) is 6.33 Å². The average Bonchev–Trinajstić information content (AvgIpc) is 2.66. The van der Waals surface area contributed by atoms with Crippen LogP contribution in [-0.4, -0.2) is 14.8 Å². The largest absolute Gasteiger partial charge is 0.324 e. The van der Waals surface area contributed by atoms with Crippen LogP contribution in [0.15, 0.2) is 35.1 Å². The van der Waals surface area contributed by atoms with E-state index in [0.29, 0.717) is 6.54 Å². The molecule has 0 radical (unpaired) electrons. The maximum absolute atomic E-state index is 5.54. The Bertz CT molecular complexity index is 438. The molecule has 0 saturated carbocycles. The molecule has 5 heteroatoms. The maximum atomic E-state index is 5.54. The summed E-state index contributed by atoms with van der Waals surface area (Å²) in [5.74, 6) is 0.747. The third-order valence-corrected chi connectivity index (χ3v) is 2.55. The van der Waals surface area contributed by atoms with E-state index in [4.69, 9.17) is 5.73 Å². The zero-order valence-electron chi connectivity index (χ0n) is 7.39. The second-order valence-electron chi connectivity index (χ2n) is 2.74. The van der Waals surface area contributed by atoms with Crippen molar-refractivity contribution in [2.45, 2.75) is 6.54 Å². The van der Waals surface area contributed by atoms with Crippen molar-refractivity contribution in [1.82, 2.24) is 14.8 Å². The van der Waals surface area contributed by atoms with Crippen LogP contribution in [0.3, 0.4) is 0 Å². The first kappa shape index (κ1) is 9.36. The Morgan fingerprint density at radius 2 is 2.14 bits per heavy atom. The van der Waals surface area contributed by atoms with Crippen LogP contribution >= 0.6 is 15.9 Å². The van der Waals surface area contributed by atoms with Gasteiger partial charge < -0.3 is 5.73 Å². The summed E-state index contributed by atoms with van der Waals surface area (Å²) in [7, 11) is 0. The number of hydrogen-bond donors (Lipinski definition) is 1. The molecule has 2 rings (SSSR count). The van der Waals surface area contributed by atoms with E-state index in [1.54, 1.807) is 4.68 Å². The van der Waals surface area contributed by atoms with Gasteiger partial charge in [0.2, 0.25) is 0 Å². The van der Waals surface area contributed by atoms with Gasteiger partial charge in [-0.05, 0) is 28.1 Å². The second-order valence-corrected chi connectivity index (χ2v) is 3.60. The summed E-state index contributed by atoms with van der Waals surface area (Å²) in [5, 5.41) is 4.11. The third-order valence-electron chi connectivity index (χ3n) is 1.88. The minimum Gasteiger partial charge on any atom is -0.324 e. The van der Waals surface area contributed by atoms with Gasteiger partial charge in [0.1, 0.15) is 12.2 Å². The van der Waals surface area contributed by atoms with Gasteiger partial charge in [0.05, 0.1) is 12.2 Å². The fourth-order valence-corrected chi connectivity index (χ4v) is 1.68. The highest BCUT2D eigenvalue weighted by Crippen LogP contribution is 2.20. The normalized spacial score (nSPS) is 10.4. The molecule has 0 atom stereocenters. The molecule has 0 bridgehead atoms. The van der Waals surface area contributed by atoms with Crippen molar-refractivity contribution >= 4 is 15.9 Å². The minimum absolute atomic E-state index is 0.376. The molecule has 1 heterocycles. The van der Waals surface area contributed by atoms with Crippen LogP contribution in [0.4, 0.5) is 0 Å². The van der Waals surface area contributed by atoms with Gasteiger partial charge >= 0.3 is 0 Å². The van der Waals surface area contributed by atoms with Crippen molar-refractivity contribution in [3.8, 4) is 5.69 Å². The molecule has 0 unspecified atom stereocenters. The molecule has 0 fully saturated rings. The molecule has 14 heavy (non-hydrogen) atoms. The summed E-state index contributed by atoms with van der Waals surface area (Å²) >= 11 is 3.45. The molecule has 0 saturated heterocycles. The standard InChI is InChI=1S/C9H9BrN4/c10-7-3-1-2-4-8(7)14-9(5-11)12-6-13-14/h1-4,6H,5,11H2. The second kappa shape index (κ2) is 3.89. The first-order valence-electron chi connectivity index (χ1n) is 4.17. The van der Waals surface area contributed by atoms with Gasteiger partial charge in [-0.1, -0.05) is 12.1 Å². The fraction of sp³-hybridized carbons (Fsp3) is 0.111. The van der Waals surface area contributed by atoms with E-state index in [2.05, 4.69) is 26.0 Å². The van der Waals surface area contributed by atoms with Crippen molar-refractivity contribution < 1.29 is 0 Å². The van der Waals surface area contributed by atoms with Crippen molar-refractivity contribution in [1.29, 1.82) is 0 Å². The topological polar surface area (TPSA) is 56.7 Å². The fourth-order valence-electron chi connectivity index (χ4n) is 1.23. The summed E-state index contributed by atoms with van der Waals surface area (Å²) in [6.07, 6.45) is 1.50. The lowest BCUT2D eigenvalue weighted by atomic mass is 10.3. The van der Waals surface area contributed by atoms with E-state index in [1.807, 2.05) is 24.3 Å². The van der Waals surface area contributed by atoms with Gasteiger partial charge in [-0.15, -0.1) is 0 Å². The summed E-state index contributed by atoms with van der Waals surface area (Å²) in [5.41, 5.74) is 6.49. The number of halogens is 1. The van der Waals surface area contributed by atoms with Gasteiger partial charge in [-0.3, -0.25) is 0 Å². The number of hydrogen-bond acceptors (Lipinski definition) is 3. The molecule has 2 N–H and O–H groups in total. The van der Waals surface area contributed by atoms with Crippen LogP contribution in [0.2, 0.25) is 0 Å². The lowest BCUT2D eigenvalue weighted by molar-refractivity contribution is 0.787. The first-order valence-corrected chi connectivity index (χ1v) is 4.96. The smallest absolute Gasteiger partial charge is 0.146 e. The Hall–Kier alpha value is -1.20. The van der Waals surface area contributed by atoms with E-state index < -0.39 is 0 Å². The summed E-state index contributed by atoms with van der Waals surface area (Å²) < 4.78 is 2.70. The molecule has 2 aromatic rings. The van der Waals surface area contributed by atoms with E-state index in [9.17, 15) is 0 Å². The number of benzene rings is 1. The number of rotatable bonds is 2. The lowest BCUT2D eigenvalue weighted by Gasteiger charge is -2.05. The molecule has 72 valence electrons. The Kier molecular flexibility index (Phi) is 2.60. The van der Waals surface area contributed by atoms with Gasteiger partial charge in [0.25, 0.3) is 0 Å². The minimum atomic E-state index is 0.376. The first-order chi connectivity index (χ1) is 6.83. The predicted octanol–water partition coefficient (Wildman–Crippen LogP) is 1.49. The Balaban J connectivity index is 2.54. The Labute approximate surface area is 89.9 Å². The zero-order valence-corrected chi connectivity index (χ0v) is 8.98. The number of nitrogens with two attached hydrogens (primary N) is 1. The highest BCUT2D eigenvalue weighted by molar-refractivity contribution is 9.10. The zero-order chi connectivity index (χ0) is 9.97. The summed E-state index contributed by atoms with van der Waals surface area (Å²) in [6, 6.07) is 7.81. The van der Waals surface area contributed by atoms with Crippen molar-refractivity contribution in [2.24, 2.45) is 5.73 Å². The third kappa shape index (κ3) is 1.56. The van der Waals surface area contributed by atoms with E-state index in [0.717, 1.165) is 16.0 Å². The molecular formula is C9H9BrN4. The quantitative estimate of drug-likeness (QED) is 0.882. The highest BCUT2D eigenvalue weighted by Gasteiger charge is 2.06. The molecule has 0 aliphatic carbocycles. The molecule has 1 aromatic carbocycles. The van der Waals surface area contributed by atoms with Crippen LogP contribution in [0.5, 0.6) is 0 Å². The molecule has 4 nitrogen and oxygen atoms in total. The average molecular weight is 253 g/mol. The Morgan fingerprint density at radius 3 is 2.86 bits per heavy atom. The molecule has 0 amide bonds. The van der Waals surface area contributed by atoms with E-state index in [-0.39, 0.29) is 0 Å². The van der Waals surface area contributed by atoms with Crippen LogP contribution in [0.1, 0.15) is 5.82 Å². The number of para-hydroxylation sites is 1. The monoisotopic (exact) mass is 252 g/mol. The number of nitrogens with zero attached hydrogens (tertiary/aromatic N) is 3. The highest BCUT2D eigenvalue weighted by atomic mass is 79.9. The van der Waals surface area contributed by atoms with Crippen molar-refractivity contribution in [3.63, 3.8) is 0 Å². The molecule has 0 aliphatic heterocycles. The summed E-state index contributed by atoms with van der Waals surface area (Å²) in [4.78, 5) is 4.06. The van der Waals surface area contributed by atoms with Crippen LogP contribution in [0, 0.1) is 0 Å². The SMILES string of the molecule is NCc1ncnn1-c1ccccc1Br. The van der Waals surface area contributed by atoms with Crippen molar-refractivity contribution in [2.75, 3.05) is 0 Å². The maximum Gasteiger partial charge on any atom is 0.146 e. The molecule has 0 aliphatic rings. The molecular weight excluding hydrogens is 244 g/mol. The van der Waals surface area contributed by atoms with Gasteiger partial charge in [0.15, 0.2) is 0 Å². The Morgan fingerprint density at radius 1 is 1.36 bits per heavy atom. The van der Waals surface area contributed by atoms with Gasteiger partial charge in [-0.25, -0.2) is 9.67 Å². The van der Waals surface area contributed by atoms with Gasteiger partial charge in [0, 0.05) is 4.47 Å². The van der Waals surface area contributed by atoms with E-state index >= 15 is 0 Å². The van der Waals surface area contributed by atoms with Crippen LogP contribution in [0.25, 0.3) is 5.69 Å².